The van der Waals surface area contributed by atoms with E-state index < -0.39 is 29.8 Å². The number of ether oxygens (including phenoxy) is 1. The van der Waals surface area contributed by atoms with Gasteiger partial charge in [-0.1, -0.05) is 0 Å². The van der Waals surface area contributed by atoms with E-state index in [2.05, 4.69) is 11.4 Å². The maximum atomic E-state index is 13.4. The number of alkyl carbamates (subject to hydrolysis) is 1. The first kappa shape index (κ1) is 24.0. The van der Waals surface area contributed by atoms with Crippen molar-refractivity contribution in [3.8, 4) is 6.07 Å². The zero-order chi connectivity index (χ0) is 24.6. The SMILES string of the molecule is CC(C)(C)OC(=O)N[C@@H](CN1C[C@H]2C[C@@H]1C(=O)N2c1ccc(F)cc1)C(=O)N1CCC[C@H]1C#N. The molecule has 3 aliphatic rings. The van der Waals surface area contributed by atoms with E-state index in [1.807, 2.05) is 4.90 Å². The summed E-state index contributed by atoms with van der Waals surface area (Å²) < 4.78 is 18.7. The normalized spacial score (nSPS) is 25.4. The van der Waals surface area contributed by atoms with Gasteiger partial charge >= 0.3 is 6.09 Å². The molecule has 3 heterocycles. The Balaban J connectivity index is 1.49. The minimum atomic E-state index is -0.949. The fourth-order valence-corrected chi connectivity index (χ4v) is 5.04. The van der Waals surface area contributed by atoms with Crippen LogP contribution >= 0.6 is 0 Å². The lowest BCUT2D eigenvalue weighted by Gasteiger charge is -2.36. The lowest BCUT2D eigenvalue weighted by Crippen LogP contribution is -2.59. The summed E-state index contributed by atoms with van der Waals surface area (Å²) in [5.41, 5.74) is -0.0919. The maximum absolute atomic E-state index is 13.4. The smallest absolute Gasteiger partial charge is 0.408 e. The van der Waals surface area contributed by atoms with Crippen molar-refractivity contribution in [1.29, 1.82) is 5.26 Å². The van der Waals surface area contributed by atoms with Gasteiger partial charge in [0.05, 0.1) is 18.2 Å². The summed E-state index contributed by atoms with van der Waals surface area (Å²) in [7, 11) is 0. The average molecular weight is 472 g/mol. The molecule has 1 N–H and O–H groups in total. The Labute approximate surface area is 198 Å². The molecule has 0 radical (unpaired) electrons. The summed E-state index contributed by atoms with van der Waals surface area (Å²) in [6.07, 6.45) is 1.19. The summed E-state index contributed by atoms with van der Waals surface area (Å²) in [5, 5.41) is 12.1. The number of nitrogens with zero attached hydrogens (tertiary/aromatic N) is 4. The molecule has 4 rings (SSSR count). The molecule has 182 valence electrons. The summed E-state index contributed by atoms with van der Waals surface area (Å²) >= 11 is 0. The number of carbonyl (C=O) groups excluding carboxylic acids is 3. The van der Waals surface area contributed by atoms with Gasteiger partial charge < -0.3 is 19.9 Å². The first-order valence-corrected chi connectivity index (χ1v) is 11.6. The van der Waals surface area contributed by atoms with Gasteiger partial charge in [0.2, 0.25) is 11.8 Å². The number of nitrogens with one attached hydrogen (secondary N) is 1. The van der Waals surface area contributed by atoms with Gasteiger partial charge in [-0.25, -0.2) is 9.18 Å². The molecule has 0 unspecified atom stereocenters. The molecule has 3 saturated heterocycles. The molecule has 3 aliphatic heterocycles. The molecule has 3 fully saturated rings. The highest BCUT2D eigenvalue weighted by Gasteiger charge is 2.51. The van der Waals surface area contributed by atoms with Crippen molar-refractivity contribution in [2.75, 3.05) is 24.5 Å². The van der Waals surface area contributed by atoms with E-state index in [4.69, 9.17) is 4.74 Å². The van der Waals surface area contributed by atoms with Crippen molar-refractivity contribution in [3.63, 3.8) is 0 Å². The Morgan fingerprint density at radius 1 is 1.29 bits per heavy atom. The highest BCUT2D eigenvalue weighted by Crippen LogP contribution is 2.36. The third-order valence-corrected chi connectivity index (χ3v) is 6.46. The van der Waals surface area contributed by atoms with Crippen LogP contribution in [0.4, 0.5) is 14.9 Å². The number of hydrogen-bond acceptors (Lipinski definition) is 6. The quantitative estimate of drug-likeness (QED) is 0.704. The van der Waals surface area contributed by atoms with Crippen molar-refractivity contribution in [2.45, 2.75) is 69.8 Å². The lowest BCUT2D eigenvalue weighted by atomic mass is 10.1. The number of fused-ring (bicyclic) bond motifs is 2. The van der Waals surface area contributed by atoms with Crippen LogP contribution in [0.3, 0.4) is 0 Å². The fraction of sp³-hybridized carbons (Fsp3) is 0.583. The lowest BCUT2D eigenvalue weighted by molar-refractivity contribution is -0.135. The first-order valence-electron chi connectivity index (χ1n) is 11.6. The molecular weight excluding hydrogens is 441 g/mol. The summed E-state index contributed by atoms with van der Waals surface area (Å²) in [5.74, 6) is -0.822. The molecule has 3 amide bonds. The van der Waals surface area contributed by atoms with E-state index in [1.165, 1.54) is 17.0 Å². The molecule has 10 heteroatoms. The molecular formula is C24H30FN5O4. The molecule has 0 aromatic heterocycles. The topological polar surface area (TPSA) is 106 Å². The second kappa shape index (κ2) is 9.22. The first-order chi connectivity index (χ1) is 16.1. The number of anilines is 1. The van der Waals surface area contributed by atoms with Crippen LogP contribution in [0.15, 0.2) is 24.3 Å². The molecule has 34 heavy (non-hydrogen) atoms. The van der Waals surface area contributed by atoms with Crippen molar-refractivity contribution >= 4 is 23.6 Å². The van der Waals surface area contributed by atoms with Gasteiger partial charge in [0.1, 0.15) is 23.5 Å². The Kier molecular flexibility index (Phi) is 6.49. The Bertz CT molecular complexity index is 1000. The molecule has 4 atom stereocenters. The van der Waals surface area contributed by atoms with E-state index in [0.717, 1.165) is 6.42 Å². The molecule has 1 aromatic rings. The van der Waals surface area contributed by atoms with Gasteiger partial charge in [-0.05, 0) is 64.3 Å². The van der Waals surface area contributed by atoms with Crippen molar-refractivity contribution in [2.24, 2.45) is 0 Å². The van der Waals surface area contributed by atoms with E-state index >= 15 is 0 Å². The van der Waals surface area contributed by atoms with Gasteiger partial charge in [-0.15, -0.1) is 0 Å². The minimum Gasteiger partial charge on any atom is -0.444 e. The van der Waals surface area contributed by atoms with Crippen LogP contribution in [-0.2, 0) is 14.3 Å². The zero-order valence-corrected chi connectivity index (χ0v) is 19.7. The van der Waals surface area contributed by atoms with E-state index in [1.54, 1.807) is 37.8 Å². The number of piperazine rings is 1. The van der Waals surface area contributed by atoms with Gasteiger partial charge in [-0.2, -0.15) is 5.26 Å². The standard InChI is InChI=1S/C24H30FN5O4/c1-24(2,3)34-23(33)27-19(21(31)29-10-4-5-17(29)12-26)14-28-13-18-11-20(28)22(32)30(18)16-8-6-15(25)7-9-16/h6-9,17-20H,4-5,10-11,13-14H2,1-3H3,(H,27,33)/t17-,18+,19-,20+/m0/s1. The highest BCUT2D eigenvalue weighted by atomic mass is 19.1. The van der Waals surface area contributed by atoms with Gasteiger partial charge in [0.25, 0.3) is 0 Å². The number of hydrogen-bond donors (Lipinski definition) is 1. The van der Waals surface area contributed by atoms with Gasteiger partial charge in [0, 0.05) is 25.3 Å². The van der Waals surface area contributed by atoms with Crippen LogP contribution in [0.5, 0.6) is 0 Å². The maximum Gasteiger partial charge on any atom is 0.408 e. The molecule has 0 saturated carbocycles. The van der Waals surface area contributed by atoms with Gasteiger partial charge in [0.15, 0.2) is 0 Å². The summed E-state index contributed by atoms with van der Waals surface area (Å²) in [6.45, 7) is 6.31. The van der Waals surface area contributed by atoms with E-state index in [-0.39, 0.29) is 30.2 Å². The van der Waals surface area contributed by atoms with Gasteiger partial charge in [-0.3, -0.25) is 14.5 Å². The second-order valence-corrected chi connectivity index (χ2v) is 10.1. The average Bonchev–Trinajstić information content (AvgIpc) is 3.46. The largest absolute Gasteiger partial charge is 0.444 e. The predicted molar refractivity (Wildman–Crippen MR) is 121 cm³/mol. The fourth-order valence-electron chi connectivity index (χ4n) is 5.04. The highest BCUT2D eigenvalue weighted by molar-refractivity contribution is 6.01. The van der Waals surface area contributed by atoms with Crippen LogP contribution in [0.2, 0.25) is 0 Å². The number of rotatable bonds is 5. The van der Waals surface area contributed by atoms with Crippen molar-refractivity contribution in [1.82, 2.24) is 15.1 Å². The van der Waals surface area contributed by atoms with Crippen LogP contribution in [-0.4, -0.2) is 77.1 Å². The number of halogens is 1. The van der Waals surface area contributed by atoms with Crippen LogP contribution in [0, 0.1) is 17.1 Å². The number of carbonyl (C=O) groups is 3. The number of likely N-dealkylation sites (tertiary alicyclic amines) is 2. The van der Waals surface area contributed by atoms with Crippen LogP contribution in [0.25, 0.3) is 0 Å². The molecule has 0 aliphatic carbocycles. The molecule has 9 nitrogen and oxygen atoms in total. The van der Waals surface area contributed by atoms with Crippen LogP contribution in [0.1, 0.15) is 40.0 Å². The Morgan fingerprint density at radius 2 is 2.00 bits per heavy atom. The third kappa shape index (κ3) is 4.85. The predicted octanol–water partition coefficient (Wildman–Crippen LogP) is 2.02. The third-order valence-electron chi connectivity index (χ3n) is 6.46. The zero-order valence-electron chi connectivity index (χ0n) is 19.7. The van der Waals surface area contributed by atoms with Crippen molar-refractivity contribution < 1.29 is 23.5 Å². The summed E-state index contributed by atoms with van der Waals surface area (Å²) in [4.78, 5) is 44.1. The Hall–Kier alpha value is -3.19. The minimum absolute atomic E-state index is 0.0983. The second-order valence-electron chi connectivity index (χ2n) is 10.1. The molecule has 0 spiro atoms. The monoisotopic (exact) mass is 471 g/mol. The Morgan fingerprint density at radius 3 is 2.62 bits per heavy atom. The number of benzene rings is 1. The molecule has 2 bridgehead atoms. The van der Waals surface area contributed by atoms with Crippen molar-refractivity contribution in [3.05, 3.63) is 30.1 Å². The number of amides is 3. The molecule has 1 aromatic carbocycles. The number of nitriles is 1. The van der Waals surface area contributed by atoms with Crippen LogP contribution < -0.4 is 10.2 Å². The van der Waals surface area contributed by atoms with E-state index in [0.29, 0.717) is 31.6 Å². The summed E-state index contributed by atoms with van der Waals surface area (Å²) in [6, 6.07) is 5.98. The van der Waals surface area contributed by atoms with E-state index in [9.17, 15) is 24.0 Å².